The first-order valence-electron chi connectivity index (χ1n) is 11.4. The highest BCUT2D eigenvalue weighted by Gasteiger charge is 2.33. The van der Waals surface area contributed by atoms with E-state index in [9.17, 15) is 23.2 Å². The lowest BCUT2D eigenvalue weighted by Crippen LogP contribution is -2.14. The summed E-state index contributed by atoms with van der Waals surface area (Å²) >= 11 is 0. The standard InChI is InChI=1S/C29H23F3N2O3/c1-18-4-2-3-5-24(18)25(17-26(34-37)23-14-15-33-27(16-23)29(30,31)32)21-10-6-19(7-11-21)20-8-12-22(13-9-20)28(35)36/h2-16,25,37H,17H2,1H3,(H,35,36)/b34-26-. The highest BCUT2D eigenvalue weighted by atomic mass is 19.4. The van der Waals surface area contributed by atoms with Crippen molar-refractivity contribution < 1.29 is 28.3 Å². The van der Waals surface area contributed by atoms with E-state index in [-0.39, 0.29) is 29.2 Å². The molecule has 8 heteroatoms. The number of carboxylic acids is 1. The largest absolute Gasteiger partial charge is 0.478 e. The van der Waals surface area contributed by atoms with E-state index in [1.807, 2.05) is 55.5 Å². The van der Waals surface area contributed by atoms with Crippen LogP contribution in [0.1, 0.15) is 50.6 Å². The van der Waals surface area contributed by atoms with E-state index in [2.05, 4.69) is 10.1 Å². The Morgan fingerprint density at radius 1 is 0.919 bits per heavy atom. The number of rotatable bonds is 7. The Bertz CT molecular complexity index is 1430. The van der Waals surface area contributed by atoms with Gasteiger partial charge in [0.05, 0.1) is 11.3 Å². The Morgan fingerprint density at radius 3 is 2.11 bits per heavy atom. The Morgan fingerprint density at radius 2 is 1.54 bits per heavy atom. The molecule has 1 heterocycles. The molecule has 0 spiro atoms. The van der Waals surface area contributed by atoms with Gasteiger partial charge < -0.3 is 10.3 Å². The molecule has 0 aliphatic carbocycles. The second kappa shape index (κ2) is 10.7. The van der Waals surface area contributed by atoms with E-state index in [1.165, 1.54) is 18.2 Å². The second-order valence-electron chi connectivity index (χ2n) is 8.59. The molecule has 3 aromatic carbocycles. The number of pyridine rings is 1. The molecule has 1 aromatic heterocycles. The number of alkyl halides is 3. The number of aromatic carboxylic acids is 1. The Balaban J connectivity index is 1.70. The van der Waals surface area contributed by atoms with Crippen molar-refractivity contribution in [2.24, 2.45) is 5.16 Å². The number of nitrogens with zero attached hydrogens (tertiary/aromatic N) is 2. The number of carboxylic acid groups (broad SMARTS) is 1. The van der Waals surface area contributed by atoms with E-state index < -0.39 is 17.8 Å². The molecule has 0 saturated carbocycles. The summed E-state index contributed by atoms with van der Waals surface area (Å²) in [4.78, 5) is 14.5. The molecule has 0 saturated heterocycles. The number of carbonyl (C=O) groups is 1. The number of hydrogen-bond acceptors (Lipinski definition) is 4. The van der Waals surface area contributed by atoms with Crippen LogP contribution in [0.15, 0.2) is 96.3 Å². The summed E-state index contributed by atoms with van der Waals surface area (Å²) in [5.74, 6) is -1.31. The molecule has 5 nitrogen and oxygen atoms in total. The molecule has 2 N–H and O–H groups in total. The molecular weight excluding hydrogens is 481 g/mol. The van der Waals surface area contributed by atoms with E-state index >= 15 is 0 Å². The molecule has 0 fully saturated rings. The maximum Gasteiger partial charge on any atom is 0.433 e. The van der Waals surface area contributed by atoms with Gasteiger partial charge in [0.15, 0.2) is 0 Å². The van der Waals surface area contributed by atoms with Crippen LogP contribution < -0.4 is 0 Å². The van der Waals surface area contributed by atoms with E-state index in [4.69, 9.17) is 5.11 Å². The lowest BCUT2D eigenvalue weighted by atomic mass is 9.83. The zero-order valence-corrected chi connectivity index (χ0v) is 19.8. The highest BCUT2D eigenvalue weighted by Crippen LogP contribution is 2.34. The van der Waals surface area contributed by atoms with Crippen LogP contribution in [0.25, 0.3) is 11.1 Å². The van der Waals surface area contributed by atoms with Crippen molar-refractivity contribution in [2.75, 3.05) is 0 Å². The Kier molecular flexibility index (Phi) is 7.38. The van der Waals surface area contributed by atoms with Crippen molar-refractivity contribution >= 4 is 11.7 Å². The first-order chi connectivity index (χ1) is 17.7. The predicted molar refractivity (Wildman–Crippen MR) is 134 cm³/mol. The Hall–Kier alpha value is -4.46. The van der Waals surface area contributed by atoms with E-state index in [0.717, 1.165) is 40.1 Å². The van der Waals surface area contributed by atoms with Crippen LogP contribution >= 0.6 is 0 Å². The maximum atomic E-state index is 13.2. The summed E-state index contributed by atoms with van der Waals surface area (Å²) in [5, 5.41) is 22.3. The number of hydrogen-bond donors (Lipinski definition) is 2. The van der Waals surface area contributed by atoms with Gasteiger partial charge in [0.2, 0.25) is 0 Å². The van der Waals surface area contributed by atoms with Crippen LogP contribution in [0, 0.1) is 6.92 Å². The minimum atomic E-state index is -4.62. The quantitative estimate of drug-likeness (QED) is 0.159. The lowest BCUT2D eigenvalue weighted by Gasteiger charge is -2.21. The lowest BCUT2D eigenvalue weighted by molar-refractivity contribution is -0.141. The smallest absolute Gasteiger partial charge is 0.433 e. The first kappa shape index (κ1) is 25.6. The van der Waals surface area contributed by atoms with Gasteiger partial charge in [-0.15, -0.1) is 0 Å². The van der Waals surface area contributed by atoms with Crippen molar-refractivity contribution in [3.63, 3.8) is 0 Å². The zero-order valence-electron chi connectivity index (χ0n) is 19.8. The molecule has 0 amide bonds. The second-order valence-corrected chi connectivity index (χ2v) is 8.59. The molecule has 1 unspecified atom stereocenters. The van der Waals surface area contributed by atoms with Gasteiger partial charge in [0.1, 0.15) is 5.69 Å². The molecule has 1 atom stereocenters. The summed E-state index contributed by atoms with van der Waals surface area (Å²) in [7, 11) is 0. The molecular formula is C29H23F3N2O3. The Labute approximate surface area is 211 Å². The number of aromatic nitrogens is 1. The van der Waals surface area contributed by atoms with E-state index in [0.29, 0.717) is 0 Å². The fourth-order valence-electron chi connectivity index (χ4n) is 4.27. The van der Waals surface area contributed by atoms with Crippen molar-refractivity contribution in [2.45, 2.75) is 25.4 Å². The molecule has 0 aliphatic heterocycles. The van der Waals surface area contributed by atoms with Crippen molar-refractivity contribution in [1.82, 2.24) is 4.98 Å². The van der Waals surface area contributed by atoms with Crippen molar-refractivity contribution in [1.29, 1.82) is 0 Å². The van der Waals surface area contributed by atoms with Crippen LogP contribution in [0.5, 0.6) is 0 Å². The number of aryl methyl sites for hydroxylation is 1. The topological polar surface area (TPSA) is 82.8 Å². The van der Waals surface area contributed by atoms with Crippen LogP contribution in [-0.4, -0.2) is 27.0 Å². The minimum absolute atomic E-state index is 0.106. The van der Waals surface area contributed by atoms with Gasteiger partial charge in [0.25, 0.3) is 0 Å². The highest BCUT2D eigenvalue weighted by molar-refractivity contribution is 6.01. The van der Waals surface area contributed by atoms with Crippen LogP contribution in [0.2, 0.25) is 0 Å². The average molecular weight is 505 g/mol. The SMILES string of the molecule is Cc1ccccc1C(C/C(=N/O)c1ccnc(C(F)(F)F)c1)c1ccc(-c2ccc(C(=O)O)cc2)cc1. The molecule has 4 aromatic rings. The molecule has 37 heavy (non-hydrogen) atoms. The number of oxime groups is 1. The summed E-state index contributed by atoms with van der Waals surface area (Å²) in [5.41, 5.74) is 3.93. The predicted octanol–water partition coefficient (Wildman–Crippen LogP) is 7.17. The van der Waals surface area contributed by atoms with Crippen molar-refractivity contribution in [3.05, 3.63) is 125 Å². The summed E-state index contributed by atoms with van der Waals surface area (Å²) in [6.45, 7) is 1.95. The molecule has 0 radical (unpaired) electrons. The van der Waals surface area contributed by atoms with E-state index in [1.54, 1.807) is 12.1 Å². The van der Waals surface area contributed by atoms with Crippen LogP contribution in [0.3, 0.4) is 0 Å². The molecule has 0 bridgehead atoms. The summed E-state index contributed by atoms with van der Waals surface area (Å²) in [6, 6.07) is 24.1. The summed E-state index contributed by atoms with van der Waals surface area (Å²) < 4.78 is 39.7. The number of benzene rings is 3. The average Bonchev–Trinajstić information content (AvgIpc) is 2.90. The monoisotopic (exact) mass is 504 g/mol. The molecule has 188 valence electrons. The third-order valence-corrected chi connectivity index (χ3v) is 6.24. The fourth-order valence-corrected chi connectivity index (χ4v) is 4.27. The van der Waals surface area contributed by atoms with Gasteiger partial charge in [-0.1, -0.05) is 65.8 Å². The molecule has 0 aliphatic rings. The van der Waals surface area contributed by atoms with Crippen molar-refractivity contribution in [3.8, 4) is 11.1 Å². The van der Waals surface area contributed by atoms with Crippen LogP contribution in [-0.2, 0) is 6.18 Å². The van der Waals surface area contributed by atoms with Gasteiger partial charge in [0, 0.05) is 24.1 Å². The van der Waals surface area contributed by atoms with Gasteiger partial charge >= 0.3 is 12.1 Å². The third kappa shape index (κ3) is 5.86. The van der Waals surface area contributed by atoms with Crippen LogP contribution in [0.4, 0.5) is 13.2 Å². The van der Waals surface area contributed by atoms with Gasteiger partial charge in [-0.25, -0.2) is 4.79 Å². The van der Waals surface area contributed by atoms with Gasteiger partial charge in [-0.05, 0) is 59.0 Å². The first-order valence-corrected chi connectivity index (χ1v) is 11.4. The van der Waals surface area contributed by atoms with Gasteiger partial charge in [-0.2, -0.15) is 13.2 Å². The fraction of sp³-hybridized carbons (Fsp3) is 0.138. The number of halogens is 3. The normalized spacial score (nSPS) is 12.8. The van der Waals surface area contributed by atoms with Gasteiger partial charge in [-0.3, -0.25) is 4.98 Å². The summed E-state index contributed by atoms with van der Waals surface area (Å²) in [6.07, 6.45) is -3.42. The third-order valence-electron chi connectivity index (χ3n) is 6.24. The molecule has 4 rings (SSSR count). The zero-order chi connectivity index (χ0) is 26.6. The maximum absolute atomic E-state index is 13.2. The minimum Gasteiger partial charge on any atom is -0.478 e.